The van der Waals surface area contributed by atoms with Gasteiger partial charge in [0.15, 0.2) is 0 Å². The number of aryl methyl sites for hydroxylation is 1. The first-order valence-electron chi connectivity index (χ1n) is 5.79. The Morgan fingerprint density at radius 3 is 2.95 bits per heavy atom. The third kappa shape index (κ3) is 3.67. The molecule has 0 spiro atoms. The van der Waals surface area contributed by atoms with Gasteiger partial charge in [-0.05, 0) is 40.9 Å². The van der Waals surface area contributed by atoms with Crippen molar-refractivity contribution in [2.24, 2.45) is 5.73 Å². The molecule has 0 bridgehead atoms. The van der Waals surface area contributed by atoms with Crippen LogP contribution in [0.5, 0.6) is 0 Å². The summed E-state index contributed by atoms with van der Waals surface area (Å²) in [5.41, 5.74) is 7.69. The van der Waals surface area contributed by atoms with Crippen LogP contribution in [0.2, 0.25) is 0 Å². The molecule has 3 N–H and O–H groups in total. The van der Waals surface area contributed by atoms with Gasteiger partial charge in [0.05, 0.1) is 16.3 Å². The van der Waals surface area contributed by atoms with Crippen molar-refractivity contribution in [3.63, 3.8) is 0 Å². The van der Waals surface area contributed by atoms with Crippen LogP contribution >= 0.6 is 22.7 Å². The van der Waals surface area contributed by atoms with E-state index in [1.54, 1.807) is 17.4 Å². The molecule has 5 heteroatoms. The summed E-state index contributed by atoms with van der Waals surface area (Å²) in [5, 5.41) is 7.05. The van der Waals surface area contributed by atoms with E-state index in [1.165, 1.54) is 16.9 Å². The van der Waals surface area contributed by atoms with Crippen LogP contribution in [0.15, 0.2) is 22.9 Å². The fourth-order valence-corrected chi connectivity index (χ4v) is 3.15. The lowest BCUT2D eigenvalue weighted by Gasteiger charge is -2.02. The highest BCUT2D eigenvalue weighted by Crippen LogP contribution is 2.16. The SMILES string of the molecule is Cc1cscc1CNC(=O)c1ccc(C#CCN)s1. The predicted octanol–water partition coefficient (Wildman–Crippen LogP) is 2.36. The second-order valence-corrected chi connectivity index (χ2v) is 5.76. The summed E-state index contributed by atoms with van der Waals surface area (Å²) >= 11 is 3.03. The van der Waals surface area contributed by atoms with E-state index in [9.17, 15) is 4.79 Å². The highest BCUT2D eigenvalue weighted by molar-refractivity contribution is 7.14. The largest absolute Gasteiger partial charge is 0.347 e. The minimum atomic E-state index is -0.0589. The van der Waals surface area contributed by atoms with Crippen molar-refractivity contribution in [2.45, 2.75) is 13.5 Å². The van der Waals surface area contributed by atoms with Crippen LogP contribution in [0.4, 0.5) is 0 Å². The maximum atomic E-state index is 12.0. The molecule has 2 aromatic rings. The number of thiophene rings is 2. The molecule has 3 nitrogen and oxygen atoms in total. The van der Waals surface area contributed by atoms with Crippen LogP contribution in [0.1, 0.15) is 25.7 Å². The minimum Gasteiger partial charge on any atom is -0.347 e. The van der Waals surface area contributed by atoms with E-state index in [-0.39, 0.29) is 5.91 Å². The zero-order chi connectivity index (χ0) is 13.7. The van der Waals surface area contributed by atoms with Gasteiger partial charge >= 0.3 is 0 Å². The number of rotatable bonds is 3. The van der Waals surface area contributed by atoms with E-state index in [0.717, 1.165) is 10.4 Å². The summed E-state index contributed by atoms with van der Waals surface area (Å²) in [6.45, 7) is 2.94. The third-order valence-corrected chi connectivity index (χ3v) is 4.45. The summed E-state index contributed by atoms with van der Waals surface area (Å²) in [7, 11) is 0. The second-order valence-electron chi connectivity index (χ2n) is 3.93. The minimum absolute atomic E-state index is 0.0589. The van der Waals surface area contributed by atoms with Gasteiger partial charge in [-0.15, -0.1) is 11.3 Å². The normalized spacial score (nSPS) is 9.79. The van der Waals surface area contributed by atoms with Crippen LogP contribution in [-0.2, 0) is 6.54 Å². The Morgan fingerprint density at radius 2 is 2.26 bits per heavy atom. The van der Waals surface area contributed by atoms with Crippen molar-refractivity contribution >= 4 is 28.6 Å². The van der Waals surface area contributed by atoms with E-state index in [2.05, 4.69) is 27.9 Å². The van der Waals surface area contributed by atoms with E-state index in [0.29, 0.717) is 18.0 Å². The number of carbonyl (C=O) groups excluding carboxylic acids is 1. The Bertz CT molecular complexity index is 631. The van der Waals surface area contributed by atoms with Gasteiger partial charge in [0.2, 0.25) is 0 Å². The summed E-state index contributed by atoms with van der Waals surface area (Å²) < 4.78 is 0. The molecule has 0 saturated heterocycles. The number of nitrogens with one attached hydrogen (secondary N) is 1. The van der Waals surface area contributed by atoms with Crippen LogP contribution in [0.25, 0.3) is 0 Å². The van der Waals surface area contributed by atoms with Crippen molar-refractivity contribution in [3.8, 4) is 11.8 Å². The molecule has 0 atom stereocenters. The van der Waals surface area contributed by atoms with Crippen molar-refractivity contribution < 1.29 is 4.79 Å². The van der Waals surface area contributed by atoms with E-state index in [1.807, 2.05) is 13.0 Å². The van der Waals surface area contributed by atoms with Crippen LogP contribution in [0, 0.1) is 18.8 Å². The van der Waals surface area contributed by atoms with E-state index >= 15 is 0 Å². The average Bonchev–Trinajstić information content (AvgIpc) is 3.03. The third-order valence-electron chi connectivity index (χ3n) is 2.54. The number of hydrogen-bond donors (Lipinski definition) is 2. The maximum absolute atomic E-state index is 12.0. The van der Waals surface area contributed by atoms with Crippen molar-refractivity contribution in [2.75, 3.05) is 6.54 Å². The second kappa shape index (κ2) is 6.53. The predicted molar refractivity (Wildman–Crippen MR) is 80.5 cm³/mol. The topological polar surface area (TPSA) is 55.1 Å². The lowest BCUT2D eigenvalue weighted by Crippen LogP contribution is -2.21. The quantitative estimate of drug-likeness (QED) is 0.853. The number of carbonyl (C=O) groups is 1. The molecule has 19 heavy (non-hydrogen) atoms. The number of amides is 1. The lowest BCUT2D eigenvalue weighted by atomic mass is 10.2. The number of hydrogen-bond acceptors (Lipinski definition) is 4. The van der Waals surface area contributed by atoms with Crippen molar-refractivity contribution in [3.05, 3.63) is 43.8 Å². The fourth-order valence-electron chi connectivity index (χ4n) is 1.50. The lowest BCUT2D eigenvalue weighted by molar-refractivity contribution is 0.0955. The molecule has 0 aliphatic heterocycles. The highest BCUT2D eigenvalue weighted by Gasteiger charge is 2.09. The molecule has 1 amide bonds. The van der Waals surface area contributed by atoms with Crippen LogP contribution in [0.3, 0.4) is 0 Å². The Labute approximate surface area is 120 Å². The Hall–Kier alpha value is -1.61. The Balaban J connectivity index is 1.96. The molecule has 0 radical (unpaired) electrons. The Morgan fingerprint density at radius 1 is 1.42 bits per heavy atom. The van der Waals surface area contributed by atoms with Crippen molar-refractivity contribution in [1.29, 1.82) is 0 Å². The van der Waals surface area contributed by atoms with Gasteiger partial charge < -0.3 is 11.1 Å². The summed E-state index contributed by atoms with van der Waals surface area (Å²) in [6.07, 6.45) is 0. The van der Waals surface area contributed by atoms with Gasteiger partial charge in [0, 0.05) is 6.54 Å². The zero-order valence-corrected chi connectivity index (χ0v) is 12.2. The smallest absolute Gasteiger partial charge is 0.261 e. The van der Waals surface area contributed by atoms with Gasteiger partial charge in [-0.25, -0.2) is 0 Å². The Kier molecular flexibility index (Phi) is 4.74. The van der Waals surface area contributed by atoms with Crippen molar-refractivity contribution in [1.82, 2.24) is 5.32 Å². The molecule has 2 heterocycles. The standard InChI is InChI=1S/C14H14N2OS2/c1-10-8-18-9-11(10)7-16-14(17)13-5-4-12(19-13)3-2-6-15/h4-5,8-9H,6-7,15H2,1H3,(H,16,17). The van der Waals surface area contributed by atoms with Gasteiger partial charge in [-0.2, -0.15) is 11.3 Å². The van der Waals surface area contributed by atoms with Gasteiger partial charge in [0.1, 0.15) is 0 Å². The molecule has 0 saturated carbocycles. The average molecular weight is 290 g/mol. The fraction of sp³-hybridized carbons (Fsp3) is 0.214. The molecule has 2 rings (SSSR count). The first-order chi connectivity index (χ1) is 9.20. The molecular formula is C14H14N2OS2. The first-order valence-corrected chi connectivity index (χ1v) is 7.55. The zero-order valence-electron chi connectivity index (χ0n) is 10.5. The summed E-state index contributed by atoms with van der Waals surface area (Å²) in [5.74, 6) is 5.64. The molecule has 98 valence electrons. The first kappa shape index (κ1) is 13.8. The molecule has 0 aliphatic rings. The van der Waals surface area contributed by atoms with Gasteiger partial charge in [-0.3, -0.25) is 4.79 Å². The highest BCUT2D eigenvalue weighted by atomic mass is 32.1. The molecular weight excluding hydrogens is 276 g/mol. The summed E-state index contributed by atoms with van der Waals surface area (Å²) in [4.78, 5) is 13.5. The summed E-state index contributed by atoms with van der Waals surface area (Å²) in [6, 6.07) is 3.64. The molecule has 0 aromatic carbocycles. The maximum Gasteiger partial charge on any atom is 0.261 e. The number of nitrogens with two attached hydrogens (primary N) is 1. The molecule has 0 aliphatic carbocycles. The van der Waals surface area contributed by atoms with Gasteiger partial charge in [0.25, 0.3) is 5.91 Å². The van der Waals surface area contributed by atoms with Gasteiger partial charge in [-0.1, -0.05) is 11.8 Å². The molecule has 2 aromatic heterocycles. The van der Waals surface area contributed by atoms with Crippen LogP contribution in [-0.4, -0.2) is 12.5 Å². The van der Waals surface area contributed by atoms with E-state index in [4.69, 9.17) is 5.73 Å². The molecule has 0 unspecified atom stereocenters. The molecule has 0 fully saturated rings. The monoisotopic (exact) mass is 290 g/mol. The van der Waals surface area contributed by atoms with E-state index < -0.39 is 0 Å². The van der Waals surface area contributed by atoms with Crippen LogP contribution < -0.4 is 11.1 Å².